The molecule has 9 nitrogen and oxygen atoms in total. The molecular weight excluding hydrogens is 476 g/mol. The van der Waals surface area contributed by atoms with E-state index in [0.29, 0.717) is 34.0 Å². The van der Waals surface area contributed by atoms with Gasteiger partial charge in [-0.15, -0.1) is 0 Å². The average molecular weight is 511 g/mol. The number of ether oxygens (including phenoxy) is 1. The van der Waals surface area contributed by atoms with E-state index in [2.05, 4.69) is 49.9 Å². The SMILES string of the molecule is COc1cc(N(C)CCN(C)C)c(N)cc1Nc1ncnc(N2CCC(C)(C)c3ccc(Cl)cc32)n1. The van der Waals surface area contributed by atoms with Crippen molar-refractivity contribution < 1.29 is 4.74 Å². The summed E-state index contributed by atoms with van der Waals surface area (Å²) in [5.41, 5.74) is 10.9. The average Bonchev–Trinajstić information content (AvgIpc) is 2.82. The third-order valence-electron chi connectivity index (χ3n) is 6.63. The molecule has 0 aliphatic carbocycles. The van der Waals surface area contributed by atoms with Gasteiger partial charge in [-0.05, 0) is 49.7 Å². The van der Waals surface area contributed by atoms with Crippen LogP contribution in [0.3, 0.4) is 0 Å². The molecule has 2 heterocycles. The molecule has 1 aliphatic rings. The molecule has 0 fully saturated rings. The molecule has 36 heavy (non-hydrogen) atoms. The molecule has 1 aliphatic heterocycles. The molecule has 3 aromatic rings. The number of hydrogen-bond donors (Lipinski definition) is 2. The number of nitrogens with one attached hydrogen (secondary N) is 1. The van der Waals surface area contributed by atoms with E-state index in [1.54, 1.807) is 7.11 Å². The van der Waals surface area contributed by atoms with E-state index in [1.165, 1.54) is 11.9 Å². The lowest BCUT2D eigenvalue weighted by Gasteiger charge is -2.39. The summed E-state index contributed by atoms with van der Waals surface area (Å²) in [6, 6.07) is 9.78. The predicted molar refractivity (Wildman–Crippen MR) is 148 cm³/mol. The maximum absolute atomic E-state index is 6.42. The van der Waals surface area contributed by atoms with Crippen molar-refractivity contribution in [2.24, 2.45) is 0 Å². The summed E-state index contributed by atoms with van der Waals surface area (Å²) < 4.78 is 5.67. The second-order valence-electron chi connectivity index (χ2n) is 10.0. The first-order valence-electron chi connectivity index (χ1n) is 12.0. The topological polar surface area (TPSA) is 95.7 Å². The number of nitrogen functional groups attached to an aromatic ring is 1. The number of fused-ring (bicyclic) bond motifs is 1. The molecule has 0 atom stereocenters. The summed E-state index contributed by atoms with van der Waals surface area (Å²) >= 11 is 6.36. The Labute approximate surface area is 218 Å². The highest BCUT2D eigenvalue weighted by Crippen LogP contribution is 2.43. The van der Waals surface area contributed by atoms with Crippen molar-refractivity contribution in [2.75, 3.05) is 68.7 Å². The van der Waals surface area contributed by atoms with E-state index >= 15 is 0 Å². The molecule has 1 aromatic heterocycles. The summed E-state index contributed by atoms with van der Waals surface area (Å²) in [5.74, 6) is 1.60. The molecule has 0 saturated carbocycles. The van der Waals surface area contributed by atoms with Gasteiger partial charge in [0.15, 0.2) is 0 Å². The first kappa shape index (κ1) is 25.8. The van der Waals surface area contributed by atoms with Gasteiger partial charge in [0.25, 0.3) is 0 Å². The smallest absolute Gasteiger partial charge is 0.234 e. The Morgan fingerprint density at radius 2 is 1.92 bits per heavy atom. The first-order chi connectivity index (χ1) is 17.1. The second kappa shape index (κ2) is 10.4. The summed E-state index contributed by atoms with van der Waals surface area (Å²) in [5, 5.41) is 3.95. The van der Waals surface area contributed by atoms with E-state index in [-0.39, 0.29) is 5.41 Å². The number of rotatable bonds is 8. The van der Waals surface area contributed by atoms with Gasteiger partial charge in [0.2, 0.25) is 11.9 Å². The lowest BCUT2D eigenvalue weighted by atomic mass is 9.78. The molecule has 10 heteroatoms. The van der Waals surface area contributed by atoms with Gasteiger partial charge in [-0.2, -0.15) is 4.98 Å². The number of aromatic nitrogens is 3. The van der Waals surface area contributed by atoms with Crippen LogP contribution in [0.25, 0.3) is 0 Å². The predicted octanol–water partition coefficient (Wildman–Crippen LogP) is 4.68. The summed E-state index contributed by atoms with van der Waals surface area (Å²) in [6.45, 7) is 7.01. The highest BCUT2D eigenvalue weighted by atomic mass is 35.5. The van der Waals surface area contributed by atoms with E-state index in [9.17, 15) is 0 Å². The van der Waals surface area contributed by atoms with Crippen LogP contribution in [0.4, 0.5) is 34.6 Å². The second-order valence-corrected chi connectivity index (χ2v) is 10.5. The number of nitrogens with zero attached hydrogens (tertiary/aromatic N) is 6. The number of anilines is 6. The molecule has 0 saturated heterocycles. The fraction of sp³-hybridized carbons (Fsp3) is 0.423. The quantitative estimate of drug-likeness (QED) is 0.419. The number of likely N-dealkylation sites (N-methyl/N-ethyl adjacent to an activating group) is 2. The van der Waals surface area contributed by atoms with Gasteiger partial charge in [0.05, 0.1) is 24.2 Å². The molecular formula is C26H35ClN8O. The Balaban J connectivity index is 1.62. The Bertz CT molecular complexity index is 1230. The van der Waals surface area contributed by atoms with E-state index in [0.717, 1.165) is 37.4 Å². The van der Waals surface area contributed by atoms with Crippen molar-refractivity contribution in [1.82, 2.24) is 19.9 Å². The Morgan fingerprint density at radius 1 is 1.14 bits per heavy atom. The zero-order valence-electron chi connectivity index (χ0n) is 21.8. The van der Waals surface area contributed by atoms with Gasteiger partial charge in [0, 0.05) is 43.5 Å². The minimum atomic E-state index is 0.0386. The molecule has 0 bridgehead atoms. The van der Waals surface area contributed by atoms with Crippen LogP contribution in [0.15, 0.2) is 36.7 Å². The minimum absolute atomic E-state index is 0.0386. The van der Waals surface area contributed by atoms with Gasteiger partial charge in [0.1, 0.15) is 12.1 Å². The molecule has 192 valence electrons. The van der Waals surface area contributed by atoms with Crippen molar-refractivity contribution in [3.05, 3.63) is 47.2 Å². The molecule has 0 amide bonds. The zero-order valence-corrected chi connectivity index (χ0v) is 22.6. The third-order valence-corrected chi connectivity index (χ3v) is 6.86. The molecule has 0 unspecified atom stereocenters. The Kier molecular flexibility index (Phi) is 7.42. The molecule has 3 N–H and O–H groups in total. The minimum Gasteiger partial charge on any atom is -0.494 e. The van der Waals surface area contributed by atoms with E-state index in [1.807, 2.05) is 45.4 Å². The van der Waals surface area contributed by atoms with Crippen LogP contribution in [0.5, 0.6) is 5.75 Å². The Hall–Kier alpha value is -3.30. The highest BCUT2D eigenvalue weighted by molar-refractivity contribution is 6.30. The molecule has 2 aromatic carbocycles. The summed E-state index contributed by atoms with van der Waals surface area (Å²) in [6.07, 6.45) is 2.47. The lowest BCUT2D eigenvalue weighted by Crippen LogP contribution is -2.35. The number of benzene rings is 2. The van der Waals surface area contributed by atoms with Gasteiger partial charge in [-0.25, -0.2) is 9.97 Å². The standard InChI is InChI=1S/C26H35ClN8O/c1-26(2)9-10-35(21-13-17(27)7-8-18(21)26)25-30-16-29-24(32-25)31-20-14-19(28)22(15-23(20)36-6)34(5)12-11-33(3)4/h7-8,13-16H,9-12,28H2,1-6H3,(H,29,30,31,32). The van der Waals surface area contributed by atoms with Crippen molar-refractivity contribution in [2.45, 2.75) is 25.7 Å². The maximum atomic E-state index is 6.42. The van der Waals surface area contributed by atoms with Crippen molar-refractivity contribution in [1.29, 1.82) is 0 Å². The zero-order chi connectivity index (χ0) is 26.0. The van der Waals surface area contributed by atoms with Crippen LogP contribution < -0.4 is 25.6 Å². The maximum Gasteiger partial charge on any atom is 0.234 e. The van der Waals surface area contributed by atoms with Gasteiger partial charge in [-0.3, -0.25) is 0 Å². The van der Waals surface area contributed by atoms with E-state index in [4.69, 9.17) is 27.1 Å². The molecule has 0 radical (unpaired) electrons. The van der Waals surface area contributed by atoms with E-state index < -0.39 is 0 Å². The number of nitrogens with two attached hydrogens (primary N) is 1. The van der Waals surface area contributed by atoms with Crippen LogP contribution in [0.1, 0.15) is 25.8 Å². The largest absolute Gasteiger partial charge is 0.494 e. The van der Waals surface area contributed by atoms with Crippen LogP contribution in [0, 0.1) is 0 Å². The number of hydrogen-bond acceptors (Lipinski definition) is 9. The monoisotopic (exact) mass is 510 g/mol. The van der Waals surface area contributed by atoms with Gasteiger partial charge < -0.3 is 30.5 Å². The molecule has 0 spiro atoms. The van der Waals surface area contributed by atoms with Crippen LogP contribution in [-0.2, 0) is 5.41 Å². The highest BCUT2D eigenvalue weighted by Gasteiger charge is 2.33. The first-order valence-corrected chi connectivity index (χ1v) is 12.3. The van der Waals surface area contributed by atoms with Gasteiger partial charge >= 0.3 is 0 Å². The Morgan fingerprint density at radius 3 is 2.64 bits per heavy atom. The lowest BCUT2D eigenvalue weighted by molar-refractivity contribution is 0.413. The number of halogens is 1. The third kappa shape index (κ3) is 5.42. The van der Waals surface area contributed by atoms with Gasteiger partial charge in [-0.1, -0.05) is 31.5 Å². The normalized spacial score (nSPS) is 14.5. The number of methoxy groups -OCH3 is 1. The van der Waals surface area contributed by atoms with Crippen molar-refractivity contribution >= 4 is 46.2 Å². The van der Waals surface area contributed by atoms with Crippen LogP contribution in [-0.4, -0.2) is 67.7 Å². The van der Waals surface area contributed by atoms with Crippen LogP contribution >= 0.6 is 11.6 Å². The van der Waals surface area contributed by atoms with Crippen molar-refractivity contribution in [3.8, 4) is 5.75 Å². The molecule has 4 rings (SSSR count). The summed E-state index contributed by atoms with van der Waals surface area (Å²) in [7, 11) is 7.75. The van der Waals surface area contributed by atoms with Crippen LogP contribution in [0.2, 0.25) is 5.02 Å². The fourth-order valence-corrected chi connectivity index (χ4v) is 4.57. The fourth-order valence-electron chi connectivity index (χ4n) is 4.41. The summed E-state index contributed by atoms with van der Waals surface area (Å²) in [4.78, 5) is 19.9. The van der Waals surface area contributed by atoms with Crippen molar-refractivity contribution in [3.63, 3.8) is 0 Å².